The predicted molar refractivity (Wildman–Crippen MR) is 154 cm³/mol. The molecule has 2 fully saturated rings. The number of anilines is 2. The number of alkyl halides is 3. The summed E-state index contributed by atoms with van der Waals surface area (Å²) in [5, 5.41) is 12.1. The lowest BCUT2D eigenvalue weighted by molar-refractivity contribution is -0.125. The molecule has 8 nitrogen and oxygen atoms in total. The average molecular weight is 606 g/mol. The van der Waals surface area contributed by atoms with Gasteiger partial charge in [0.25, 0.3) is 11.8 Å². The molecule has 2 aromatic rings. The number of ether oxygens (including phenoxy) is 1. The third-order valence-electron chi connectivity index (χ3n) is 7.65. The highest BCUT2D eigenvalue weighted by Gasteiger charge is 2.41. The number of nitrogens with one attached hydrogen (secondary N) is 2. The van der Waals surface area contributed by atoms with Gasteiger partial charge in [-0.3, -0.25) is 9.52 Å². The normalized spacial score (nSPS) is 22.5. The molecule has 2 aromatic carbocycles. The van der Waals surface area contributed by atoms with Crippen molar-refractivity contribution >= 4 is 32.9 Å². The van der Waals surface area contributed by atoms with Crippen molar-refractivity contribution < 1.29 is 36.2 Å². The van der Waals surface area contributed by atoms with Crippen molar-refractivity contribution in [3.05, 3.63) is 72.0 Å². The number of piperidine rings is 1. The number of benzene rings is 2. The Morgan fingerprint density at radius 2 is 1.79 bits per heavy atom. The van der Waals surface area contributed by atoms with E-state index in [0.29, 0.717) is 44.5 Å². The Labute approximate surface area is 243 Å². The van der Waals surface area contributed by atoms with Crippen LogP contribution in [0.25, 0.3) is 5.57 Å². The molecular formula is C30H34F3N3O5S. The number of rotatable bonds is 11. The molecule has 226 valence electrons. The summed E-state index contributed by atoms with van der Waals surface area (Å²) in [6, 6.07) is 13.0. The summed E-state index contributed by atoms with van der Waals surface area (Å²) < 4.78 is 76.1. The van der Waals surface area contributed by atoms with Gasteiger partial charge in [-0.05, 0) is 49.1 Å². The van der Waals surface area contributed by atoms with Crippen LogP contribution in [-0.4, -0.2) is 67.4 Å². The van der Waals surface area contributed by atoms with Crippen molar-refractivity contribution in [2.75, 3.05) is 36.3 Å². The monoisotopic (exact) mass is 605 g/mol. The molecule has 1 amide bonds. The van der Waals surface area contributed by atoms with Crippen LogP contribution in [0.1, 0.15) is 44.1 Å². The topological polar surface area (TPSA) is 108 Å². The molecule has 1 aliphatic heterocycles. The third kappa shape index (κ3) is 7.27. The molecule has 1 atom stereocenters. The molecule has 1 heterocycles. The van der Waals surface area contributed by atoms with Crippen LogP contribution < -0.4 is 10.0 Å². The molecule has 1 unspecified atom stereocenters. The number of halogens is 3. The van der Waals surface area contributed by atoms with Crippen molar-refractivity contribution in [2.45, 2.75) is 55.4 Å². The first-order valence-electron chi connectivity index (χ1n) is 14.0. The number of likely N-dealkylation sites (tertiary alicyclic amines) is 1. The van der Waals surface area contributed by atoms with Gasteiger partial charge in [0.2, 0.25) is 15.7 Å². The van der Waals surface area contributed by atoms with E-state index in [0.717, 1.165) is 5.56 Å². The zero-order chi connectivity index (χ0) is 30.0. The number of hydrogen-bond acceptors (Lipinski definition) is 6. The molecule has 2 aliphatic carbocycles. The van der Waals surface area contributed by atoms with Gasteiger partial charge in [-0.25, -0.2) is 21.6 Å². The van der Waals surface area contributed by atoms with Crippen molar-refractivity contribution in [3.63, 3.8) is 0 Å². The Bertz CT molecular complexity index is 1470. The first-order valence-corrected chi connectivity index (χ1v) is 15.5. The number of nitrogens with zero attached hydrogens (tertiary/aromatic N) is 1. The second kappa shape index (κ2) is 12.0. The summed E-state index contributed by atoms with van der Waals surface area (Å²) in [5.41, 5.74) is -1.06. The third-order valence-corrected chi connectivity index (χ3v) is 9.50. The largest absolute Gasteiger partial charge is 0.506 e. The van der Waals surface area contributed by atoms with Crippen LogP contribution in [0.15, 0.2) is 66.4 Å². The lowest BCUT2D eigenvalue weighted by Gasteiger charge is -2.32. The minimum Gasteiger partial charge on any atom is -0.506 e. The first kappa shape index (κ1) is 30.0. The molecule has 3 aliphatic rings. The van der Waals surface area contributed by atoms with Crippen molar-refractivity contribution in [2.24, 2.45) is 0 Å². The maximum Gasteiger partial charge on any atom is 0.266 e. The summed E-state index contributed by atoms with van der Waals surface area (Å²) in [7, 11) is -3.67. The van der Waals surface area contributed by atoms with Crippen molar-refractivity contribution in [1.82, 2.24) is 4.90 Å². The van der Waals surface area contributed by atoms with Crippen LogP contribution in [0.3, 0.4) is 0 Å². The number of phenolic OH excluding ortho intramolecular Hbond substituents is 1. The second-order valence-electron chi connectivity index (χ2n) is 11.0. The molecule has 5 rings (SSSR count). The van der Waals surface area contributed by atoms with Crippen LogP contribution >= 0.6 is 0 Å². The number of carbonyl (C=O) groups excluding carboxylic acids is 1. The number of amides is 1. The number of hydrogen-bond donors (Lipinski definition) is 3. The van der Waals surface area contributed by atoms with Gasteiger partial charge in [-0.1, -0.05) is 36.4 Å². The zero-order valence-electron chi connectivity index (χ0n) is 23.0. The minimum absolute atomic E-state index is 0.101. The molecule has 0 aromatic heterocycles. The fraction of sp³-hybridized carbons (Fsp3) is 0.433. The van der Waals surface area contributed by atoms with E-state index < -0.39 is 32.8 Å². The Morgan fingerprint density at radius 1 is 1.07 bits per heavy atom. The molecule has 0 radical (unpaired) electrons. The van der Waals surface area contributed by atoms with Crippen LogP contribution in [-0.2, 0) is 19.6 Å². The van der Waals surface area contributed by atoms with E-state index in [9.17, 15) is 27.1 Å². The number of allylic oxidation sites excluding steroid dienone is 3. The number of aromatic hydroxyl groups is 1. The highest BCUT2D eigenvalue weighted by atomic mass is 32.2. The van der Waals surface area contributed by atoms with Crippen LogP contribution in [0.4, 0.5) is 24.5 Å². The maximum atomic E-state index is 16.2. The van der Waals surface area contributed by atoms with Gasteiger partial charge in [0.05, 0.1) is 24.0 Å². The van der Waals surface area contributed by atoms with Crippen LogP contribution in [0, 0.1) is 0 Å². The van der Waals surface area contributed by atoms with Gasteiger partial charge in [0.15, 0.2) is 0 Å². The molecular weight excluding hydrogens is 571 g/mol. The van der Waals surface area contributed by atoms with E-state index in [1.165, 1.54) is 30.4 Å². The average Bonchev–Trinajstić information content (AvgIpc) is 3.81. The van der Waals surface area contributed by atoms with Gasteiger partial charge in [-0.15, -0.1) is 0 Å². The van der Waals surface area contributed by atoms with E-state index in [1.807, 2.05) is 35.2 Å². The highest BCUT2D eigenvalue weighted by molar-refractivity contribution is 7.93. The Kier molecular flexibility index (Phi) is 8.56. The minimum atomic E-state index is -3.67. The molecule has 1 saturated carbocycles. The fourth-order valence-corrected chi connectivity index (χ4v) is 6.38. The van der Waals surface area contributed by atoms with Gasteiger partial charge < -0.3 is 20.1 Å². The molecule has 12 heteroatoms. The highest BCUT2D eigenvalue weighted by Crippen LogP contribution is 2.38. The predicted octanol–water partition coefficient (Wildman–Crippen LogP) is 5.45. The second-order valence-corrected chi connectivity index (χ2v) is 13.0. The Hall–Kier alpha value is -3.51. The fourth-order valence-electron chi connectivity index (χ4n) is 4.99. The summed E-state index contributed by atoms with van der Waals surface area (Å²) in [4.78, 5) is 15.1. The number of sulfonamides is 1. The maximum absolute atomic E-state index is 16.2. The molecule has 0 bridgehead atoms. The summed E-state index contributed by atoms with van der Waals surface area (Å²) in [6.45, 7) is 1.40. The molecule has 42 heavy (non-hydrogen) atoms. The van der Waals surface area contributed by atoms with Gasteiger partial charge >= 0.3 is 0 Å². The first-order chi connectivity index (χ1) is 19.9. The number of phenols is 1. The lowest BCUT2D eigenvalue weighted by atomic mass is 9.88. The van der Waals surface area contributed by atoms with E-state index in [2.05, 4.69) is 10.0 Å². The number of carbonyl (C=O) groups is 1. The van der Waals surface area contributed by atoms with Gasteiger partial charge in [0, 0.05) is 43.7 Å². The SMILES string of the molecule is O=C(Nc1ccc(O)c(NS(=O)(=O)C2CC2)c1)C1(F)C=CC(c2ccccc2)=C(OCCCN2CCC(F)(F)CC2)C1. The summed E-state index contributed by atoms with van der Waals surface area (Å²) in [6.07, 6.45) is 3.56. The summed E-state index contributed by atoms with van der Waals surface area (Å²) >= 11 is 0. The van der Waals surface area contributed by atoms with Crippen LogP contribution in [0.2, 0.25) is 0 Å². The Morgan fingerprint density at radius 3 is 2.48 bits per heavy atom. The van der Waals surface area contributed by atoms with Crippen molar-refractivity contribution in [1.29, 1.82) is 0 Å². The molecule has 0 spiro atoms. The molecule has 3 N–H and O–H groups in total. The van der Waals surface area contributed by atoms with Crippen LogP contribution in [0.5, 0.6) is 5.75 Å². The summed E-state index contributed by atoms with van der Waals surface area (Å²) in [5.74, 6) is -3.64. The van der Waals surface area contributed by atoms with Gasteiger partial charge in [0.1, 0.15) is 11.5 Å². The molecule has 1 saturated heterocycles. The standard InChI is InChI=1S/C30H34F3N3O5S/c31-29(28(38)34-22-7-10-26(37)25(19-22)35-42(39,40)23-8-9-23)12-11-24(21-5-2-1-3-6-21)27(20-29)41-18-4-15-36-16-13-30(32,33)14-17-36/h1-3,5-7,10-12,19,23,35,37H,4,8-9,13-18,20H2,(H,34,38). The van der Waals surface area contributed by atoms with E-state index in [4.69, 9.17) is 4.74 Å². The zero-order valence-corrected chi connectivity index (χ0v) is 23.8. The van der Waals surface area contributed by atoms with Crippen molar-refractivity contribution in [3.8, 4) is 5.75 Å². The van der Waals surface area contributed by atoms with Gasteiger partial charge in [-0.2, -0.15) is 0 Å². The van der Waals surface area contributed by atoms with E-state index in [1.54, 1.807) is 0 Å². The lowest BCUT2D eigenvalue weighted by Crippen LogP contribution is -2.40. The Balaban J connectivity index is 1.26. The van der Waals surface area contributed by atoms with E-state index in [-0.39, 0.29) is 48.8 Å². The smallest absolute Gasteiger partial charge is 0.266 e. The quantitative estimate of drug-likeness (QED) is 0.179. The van der Waals surface area contributed by atoms with E-state index >= 15 is 4.39 Å².